The minimum atomic E-state index is 0.0520. The van der Waals surface area contributed by atoms with Crippen LogP contribution in [0.3, 0.4) is 0 Å². The fourth-order valence-electron chi connectivity index (χ4n) is 3.97. The van der Waals surface area contributed by atoms with E-state index in [1.54, 1.807) is 0 Å². The van der Waals surface area contributed by atoms with Gasteiger partial charge in [-0.3, -0.25) is 0 Å². The summed E-state index contributed by atoms with van der Waals surface area (Å²) in [5.74, 6) is 1.62. The number of ether oxygens (including phenoxy) is 1. The maximum Gasteiger partial charge on any atom is 0.317 e. The SMILES string of the molecule is O=C(N[C@H]1COc2ccccc2C1)N1CCC(Cc2ccccc2)CC1. The molecular formula is C22H26N2O2. The van der Waals surface area contributed by atoms with Gasteiger partial charge < -0.3 is 15.0 Å². The quantitative estimate of drug-likeness (QED) is 0.918. The molecule has 2 aliphatic rings. The van der Waals surface area contributed by atoms with Gasteiger partial charge in [0.1, 0.15) is 12.4 Å². The summed E-state index contributed by atoms with van der Waals surface area (Å²) >= 11 is 0. The van der Waals surface area contributed by atoms with Crippen LogP contribution < -0.4 is 10.1 Å². The van der Waals surface area contributed by atoms with E-state index in [1.165, 1.54) is 11.1 Å². The van der Waals surface area contributed by atoms with Crippen molar-refractivity contribution in [1.29, 1.82) is 0 Å². The molecule has 1 fully saturated rings. The van der Waals surface area contributed by atoms with Crippen molar-refractivity contribution in [1.82, 2.24) is 10.2 Å². The number of benzene rings is 2. The predicted octanol–water partition coefficient (Wildman–Crippen LogP) is 3.65. The number of para-hydroxylation sites is 1. The molecule has 1 N–H and O–H groups in total. The number of nitrogens with zero attached hydrogens (tertiary/aromatic N) is 1. The number of nitrogens with one attached hydrogen (secondary N) is 1. The second-order valence-electron chi connectivity index (χ2n) is 7.39. The zero-order chi connectivity index (χ0) is 17.8. The van der Waals surface area contributed by atoms with Gasteiger partial charge in [-0.05, 0) is 48.8 Å². The van der Waals surface area contributed by atoms with E-state index in [4.69, 9.17) is 4.74 Å². The van der Waals surface area contributed by atoms with Crippen molar-refractivity contribution in [2.24, 2.45) is 5.92 Å². The van der Waals surface area contributed by atoms with E-state index >= 15 is 0 Å². The number of urea groups is 1. The summed E-state index contributed by atoms with van der Waals surface area (Å²) in [6.45, 7) is 2.23. The number of fused-ring (bicyclic) bond motifs is 1. The molecule has 0 spiro atoms. The van der Waals surface area contributed by atoms with E-state index in [0.29, 0.717) is 12.5 Å². The maximum absolute atomic E-state index is 12.6. The molecule has 2 aromatic carbocycles. The van der Waals surface area contributed by atoms with Crippen LogP contribution in [0.2, 0.25) is 0 Å². The number of likely N-dealkylation sites (tertiary alicyclic amines) is 1. The second kappa shape index (κ2) is 7.81. The molecule has 1 atom stereocenters. The maximum atomic E-state index is 12.6. The van der Waals surface area contributed by atoms with Crippen LogP contribution in [0, 0.1) is 5.92 Å². The van der Waals surface area contributed by atoms with Crippen LogP contribution in [0.25, 0.3) is 0 Å². The molecule has 136 valence electrons. The molecule has 26 heavy (non-hydrogen) atoms. The highest BCUT2D eigenvalue weighted by molar-refractivity contribution is 5.74. The van der Waals surface area contributed by atoms with Gasteiger partial charge in [0.2, 0.25) is 0 Å². The third kappa shape index (κ3) is 4.01. The second-order valence-corrected chi connectivity index (χ2v) is 7.39. The van der Waals surface area contributed by atoms with Crippen LogP contribution >= 0.6 is 0 Å². The Morgan fingerprint density at radius 1 is 1.04 bits per heavy atom. The molecule has 0 radical (unpaired) electrons. The number of piperidine rings is 1. The minimum Gasteiger partial charge on any atom is -0.491 e. The summed E-state index contributed by atoms with van der Waals surface area (Å²) in [5, 5.41) is 3.16. The summed E-state index contributed by atoms with van der Waals surface area (Å²) in [6, 6.07) is 18.8. The van der Waals surface area contributed by atoms with Crippen molar-refractivity contribution in [3.05, 3.63) is 65.7 Å². The van der Waals surface area contributed by atoms with Crippen LogP contribution in [0.15, 0.2) is 54.6 Å². The van der Waals surface area contributed by atoms with E-state index in [-0.39, 0.29) is 12.1 Å². The van der Waals surface area contributed by atoms with E-state index in [1.807, 2.05) is 23.1 Å². The molecule has 0 aromatic heterocycles. The van der Waals surface area contributed by atoms with Crippen LogP contribution in [0.1, 0.15) is 24.0 Å². The molecule has 0 aliphatic carbocycles. The number of hydrogen-bond acceptors (Lipinski definition) is 2. The van der Waals surface area contributed by atoms with Crippen LogP contribution in [0.5, 0.6) is 5.75 Å². The van der Waals surface area contributed by atoms with Gasteiger partial charge in [-0.2, -0.15) is 0 Å². The first kappa shape index (κ1) is 17.0. The van der Waals surface area contributed by atoms with Crippen LogP contribution in [-0.4, -0.2) is 36.7 Å². The fourth-order valence-corrected chi connectivity index (χ4v) is 3.97. The lowest BCUT2D eigenvalue weighted by Gasteiger charge is -2.34. The molecule has 1 saturated heterocycles. The van der Waals surface area contributed by atoms with Gasteiger partial charge in [-0.15, -0.1) is 0 Å². The van der Waals surface area contributed by atoms with E-state index < -0.39 is 0 Å². The Hall–Kier alpha value is -2.49. The summed E-state index contributed by atoms with van der Waals surface area (Å²) in [5.41, 5.74) is 2.57. The van der Waals surface area contributed by atoms with E-state index in [2.05, 4.69) is 41.7 Å². The number of carbonyl (C=O) groups is 1. The van der Waals surface area contributed by atoms with E-state index in [0.717, 1.165) is 44.5 Å². The van der Waals surface area contributed by atoms with Crippen molar-refractivity contribution in [3.8, 4) is 5.75 Å². The van der Waals surface area contributed by atoms with Gasteiger partial charge in [0.25, 0.3) is 0 Å². The number of amides is 2. The van der Waals surface area contributed by atoms with Gasteiger partial charge in [0, 0.05) is 13.1 Å². The Labute approximate surface area is 155 Å². The summed E-state index contributed by atoms with van der Waals surface area (Å²) in [6.07, 6.45) is 4.11. The Morgan fingerprint density at radius 2 is 1.77 bits per heavy atom. The van der Waals surface area contributed by atoms with Crippen molar-refractivity contribution in [3.63, 3.8) is 0 Å². The molecule has 2 amide bonds. The van der Waals surface area contributed by atoms with Crippen LogP contribution in [0.4, 0.5) is 4.79 Å². The lowest BCUT2D eigenvalue weighted by Crippen LogP contribution is -2.51. The average molecular weight is 350 g/mol. The van der Waals surface area contributed by atoms with Crippen molar-refractivity contribution in [2.75, 3.05) is 19.7 Å². The molecule has 0 bridgehead atoms. The molecule has 2 heterocycles. The lowest BCUT2D eigenvalue weighted by atomic mass is 9.90. The Kier molecular flexibility index (Phi) is 5.09. The molecule has 4 nitrogen and oxygen atoms in total. The first-order valence-corrected chi connectivity index (χ1v) is 9.58. The first-order chi connectivity index (χ1) is 12.8. The topological polar surface area (TPSA) is 41.6 Å². The molecule has 2 aliphatic heterocycles. The zero-order valence-corrected chi connectivity index (χ0v) is 15.1. The minimum absolute atomic E-state index is 0.0520. The normalized spacial score (nSPS) is 20.2. The molecule has 0 unspecified atom stereocenters. The van der Waals surface area contributed by atoms with E-state index in [9.17, 15) is 4.79 Å². The third-order valence-electron chi connectivity index (χ3n) is 5.48. The van der Waals surface area contributed by atoms with Gasteiger partial charge >= 0.3 is 6.03 Å². The lowest BCUT2D eigenvalue weighted by molar-refractivity contribution is 0.159. The molecular weight excluding hydrogens is 324 g/mol. The standard InChI is InChI=1S/C22H26N2O2/c25-22(23-20-15-19-8-4-5-9-21(19)26-16-20)24-12-10-18(11-13-24)14-17-6-2-1-3-7-17/h1-9,18,20H,10-16H2,(H,23,25)/t20-/m1/s1. The fraction of sp³-hybridized carbons (Fsp3) is 0.409. The first-order valence-electron chi connectivity index (χ1n) is 9.58. The highest BCUT2D eigenvalue weighted by Crippen LogP contribution is 2.25. The molecule has 4 rings (SSSR count). The summed E-state index contributed by atoms with van der Waals surface area (Å²) < 4.78 is 5.77. The molecule has 4 heteroatoms. The van der Waals surface area contributed by atoms with Crippen molar-refractivity contribution >= 4 is 6.03 Å². The number of carbonyl (C=O) groups excluding carboxylic acids is 1. The highest BCUT2D eigenvalue weighted by atomic mass is 16.5. The number of hydrogen-bond donors (Lipinski definition) is 1. The molecule has 2 aromatic rings. The number of rotatable bonds is 3. The third-order valence-corrected chi connectivity index (χ3v) is 5.48. The van der Waals surface area contributed by atoms with Crippen molar-refractivity contribution in [2.45, 2.75) is 31.7 Å². The average Bonchev–Trinajstić information content (AvgIpc) is 2.69. The highest BCUT2D eigenvalue weighted by Gasteiger charge is 2.26. The van der Waals surface area contributed by atoms with Gasteiger partial charge in [-0.25, -0.2) is 4.79 Å². The monoisotopic (exact) mass is 350 g/mol. The zero-order valence-electron chi connectivity index (χ0n) is 15.1. The smallest absolute Gasteiger partial charge is 0.317 e. The van der Waals surface area contributed by atoms with Gasteiger partial charge in [0.05, 0.1) is 6.04 Å². The Balaban J connectivity index is 1.25. The summed E-state index contributed by atoms with van der Waals surface area (Å²) in [7, 11) is 0. The van der Waals surface area contributed by atoms with Gasteiger partial charge in [-0.1, -0.05) is 48.5 Å². The predicted molar refractivity (Wildman–Crippen MR) is 102 cm³/mol. The van der Waals surface area contributed by atoms with Crippen molar-refractivity contribution < 1.29 is 9.53 Å². The molecule has 0 saturated carbocycles. The Morgan fingerprint density at radius 3 is 2.58 bits per heavy atom. The Bertz CT molecular complexity index is 739. The summed E-state index contributed by atoms with van der Waals surface area (Å²) in [4.78, 5) is 14.6. The largest absolute Gasteiger partial charge is 0.491 e. The van der Waals surface area contributed by atoms with Gasteiger partial charge in [0.15, 0.2) is 0 Å². The van der Waals surface area contributed by atoms with Crippen LogP contribution in [-0.2, 0) is 12.8 Å².